The van der Waals surface area contributed by atoms with E-state index < -0.39 is 0 Å². The SMILES string of the molecule is CC(C)(CN=Cc1cc(I)cc(I)c1O)CN=Cc1cc(I)cc(I)c1O. The van der Waals surface area contributed by atoms with Crippen LogP contribution in [-0.2, 0) is 0 Å². The summed E-state index contributed by atoms with van der Waals surface area (Å²) in [4.78, 5) is 9.02. The molecular weight excluding hydrogens is 796 g/mol. The summed E-state index contributed by atoms with van der Waals surface area (Å²) in [5.74, 6) is 0.527. The Bertz CT molecular complexity index is 824. The molecule has 0 fully saturated rings. The lowest BCUT2D eigenvalue weighted by atomic mass is 9.94. The molecule has 0 radical (unpaired) electrons. The van der Waals surface area contributed by atoms with Crippen LogP contribution in [0, 0.1) is 19.7 Å². The standard InChI is InChI=1S/C19H18I4N2O2/c1-19(2,9-24-7-11-3-13(20)5-15(22)17(11)26)10-25-8-12-4-14(21)6-16(23)18(12)27/h3-8,26-27H,9-10H2,1-2H3. The summed E-state index contributed by atoms with van der Waals surface area (Å²) in [6.45, 7) is 5.36. The summed E-state index contributed by atoms with van der Waals surface area (Å²) in [5, 5.41) is 20.3. The van der Waals surface area contributed by atoms with E-state index in [1.165, 1.54) is 0 Å². The van der Waals surface area contributed by atoms with Gasteiger partial charge in [0.1, 0.15) is 11.5 Å². The molecule has 0 saturated heterocycles. The summed E-state index contributed by atoms with van der Waals surface area (Å²) in [6, 6.07) is 7.67. The van der Waals surface area contributed by atoms with Gasteiger partial charge in [0.05, 0.1) is 7.14 Å². The fourth-order valence-corrected chi connectivity index (χ4v) is 5.98. The number of benzene rings is 2. The molecule has 0 aromatic heterocycles. The Morgan fingerprint density at radius 2 is 1.15 bits per heavy atom. The number of phenols is 2. The van der Waals surface area contributed by atoms with Crippen LogP contribution in [0.3, 0.4) is 0 Å². The zero-order valence-electron chi connectivity index (χ0n) is 14.7. The van der Waals surface area contributed by atoms with Crippen molar-refractivity contribution in [3.63, 3.8) is 0 Å². The Hall–Kier alpha value is 0.300. The van der Waals surface area contributed by atoms with Crippen LogP contribution in [0.25, 0.3) is 0 Å². The Morgan fingerprint density at radius 1 is 0.778 bits per heavy atom. The molecule has 8 heteroatoms. The number of nitrogens with zero attached hydrogens (tertiary/aromatic N) is 2. The van der Waals surface area contributed by atoms with E-state index in [0.29, 0.717) is 13.1 Å². The van der Waals surface area contributed by atoms with Crippen LogP contribution < -0.4 is 0 Å². The maximum Gasteiger partial charge on any atom is 0.137 e. The van der Waals surface area contributed by atoms with Gasteiger partial charge in [0.25, 0.3) is 0 Å². The van der Waals surface area contributed by atoms with Crippen LogP contribution >= 0.6 is 90.4 Å². The molecule has 0 spiro atoms. The van der Waals surface area contributed by atoms with Crippen LogP contribution in [-0.4, -0.2) is 35.7 Å². The first-order valence-electron chi connectivity index (χ1n) is 7.95. The molecule has 0 saturated carbocycles. The van der Waals surface area contributed by atoms with E-state index in [-0.39, 0.29) is 16.9 Å². The molecule has 144 valence electrons. The molecule has 2 N–H and O–H groups in total. The molecule has 0 unspecified atom stereocenters. The Labute approximate surface area is 213 Å². The highest BCUT2D eigenvalue weighted by Crippen LogP contribution is 2.27. The van der Waals surface area contributed by atoms with Crippen molar-refractivity contribution < 1.29 is 10.2 Å². The zero-order chi connectivity index (χ0) is 20.2. The molecular formula is C19H18I4N2O2. The van der Waals surface area contributed by atoms with Crippen LogP contribution in [0.4, 0.5) is 0 Å². The minimum Gasteiger partial charge on any atom is -0.506 e. The molecule has 0 heterocycles. The van der Waals surface area contributed by atoms with Gasteiger partial charge in [-0.3, -0.25) is 9.98 Å². The van der Waals surface area contributed by atoms with Crippen molar-refractivity contribution in [1.82, 2.24) is 0 Å². The topological polar surface area (TPSA) is 65.2 Å². The summed E-state index contributed by atoms with van der Waals surface area (Å²) in [6.07, 6.45) is 3.44. The average molecular weight is 814 g/mol. The lowest BCUT2D eigenvalue weighted by Gasteiger charge is -2.19. The average Bonchev–Trinajstić information content (AvgIpc) is 2.56. The third-order valence-corrected chi connectivity index (χ3v) is 6.50. The number of hydrogen-bond donors (Lipinski definition) is 2. The lowest BCUT2D eigenvalue weighted by molar-refractivity contribution is 0.396. The smallest absolute Gasteiger partial charge is 0.137 e. The predicted molar refractivity (Wildman–Crippen MR) is 146 cm³/mol. The third-order valence-electron chi connectivity index (χ3n) is 3.61. The second kappa shape index (κ2) is 10.4. The van der Waals surface area contributed by atoms with Crippen molar-refractivity contribution in [3.05, 3.63) is 49.7 Å². The maximum absolute atomic E-state index is 10.1. The van der Waals surface area contributed by atoms with E-state index in [2.05, 4.69) is 114 Å². The first-order chi connectivity index (χ1) is 12.6. The highest BCUT2D eigenvalue weighted by Gasteiger charge is 2.16. The summed E-state index contributed by atoms with van der Waals surface area (Å²) < 4.78 is 3.76. The zero-order valence-corrected chi connectivity index (χ0v) is 23.3. The van der Waals surface area contributed by atoms with E-state index in [4.69, 9.17) is 0 Å². The Kier molecular flexibility index (Phi) is 9.05. The van der Waals surface area contributed by atoms with Gasteiger partial charge in [0, 0.05) is 49.2 Å². The van der Waals surface area contributed by atoms with Crippen molar-refractivity contribution in [3.8, 4) is 11.5 Å². The first-order valence-corrected chi connectivity index (χ1v) is 12.3. The van der Waals surface area contributed by atoms with Gasteiger partial charge in [-0.05, 0) is 115 Å². The van der Waals surface area contributed by atoms with Crippen molar-refractivity contribution in [2.24, 2.45) is 15.4 Å². The van der Waals surface area contributed by atoms with E-state index >= 15 is 0 Å². The summed E-state index contributed by atoms with van der Waals surface area (Å²) in [7, 11) is 0. The van der Waals surface area contributed by atoms with Crippen LogP contribution in [0.1, 0.15) is 25.0 Å². The molecule has 27 heavy (non-hydrogen) atoms. The van der Waals surface area contributed by atoms with Crippen molar-refractivity contribution in [2.75, 3.05) is 13.1 Å². The first kappa shape index (κ1) is 23.6. The molecule has 4 nitrogen and oxygen atoms in total. The molecule has 2 aromatic carbocycles. The van der Waals surface area contributed by atoms with Crippen LogP contribution in [0.5, 0.6) is 11.5 Å². The molecule has 0 aliphatic heterocycles. The lowest BCUT2D eigenvalue weighted by Crippen LogP contribution is -2.19. The van der Waals surface area contributed by atoms with Crippen molar-refractivity contribution >= 4 is 103 Å². The van der Waals surface area contributed by atoms with Gasteiger partial charge in [-0.1, -0.05) is 13.8 Å². The van der Waals surface area contributed by atoms with Gasteiger partial charge in [-0.2, -0.15) is 0 Å². The number of aromatic hydroxyl groups is 2. The summed E-state index contributed by atoms with van der Waals surface area (Å²) in [5.41, 5.74) is 1.32. The van der Waals surface area contributed by atoms with E-state index in [9.17, 15) is 10.2 Å². The molecule has 0 amide bonds. The summed E-state index contributed by atoms with van der Waals surface area (Å²) >= 11 is 8.69. The van der Waals surface area contributed by atoms with E-state index in [1.54, 1.807) is 12.4 Å². The predicted octanol–water partition coefficient (Wildman–Crippen LogP) is 6.08. The molecule has 0 aliphatic carbocycles. The van der Waals surface area contributed by atoms with Gasteiger partial charge in [-0.15, -0.1) is 0 Å². The number of aliphatic imine (C=N–C) groups is 2. The van der Waals surface area contributed by atoms with Crippen LogP contribution in [0.15, 0.2) is 34.3 Å². The molecule has 2 rings (SSSR count). The number of phenolic OH excluding ortho intramolecular Hbond substituents is 2. The Morgan fingerprint density at radius 3 is 1.52 bits per heavy atom. The normalized spacial score (nSPS) is 12.4. The van der Waals surface area contributed by atoms with Crippen LogP contribution in [0.2, 0.25) is 0 Å². The second-order valence-corrected chi connectivity index (χ2v) is 11.6. The number of rotatable bonds is 6. The minimum atomic E-state index is -0.136. The van der Waals surface area contributed by atoms with Crippen molar-refractivity contribution in [2.45, 2.75) is 13.8 Å². The van der Waals surface area contributed by atoms with E-state index in [1.807, 2.05) is 24.3 Å². The van der Waals surface area contributed by atoms with Crippen molar-refractivity contribution in [1.29, 1.82) is 0 Å². The molecule has 0 aliphatic rings. The molecule has 0 atom stereocenters. The fraction of sp³-hybridized carbons (Fsp3) is 0.263. The van der Waals surface area contributed by atoms with Gasteiger partial charge >= 0.3 is 0 Å². The van der Waals surface area contributed by atoms with Gasteiger partial charge in [-0.25, -0.2) is 0 Å². The Balaban J connectivity index is 2.03. The van der Waals surface area contributed by atoms with Gasteiger partial charge in [0.2, 0.25) is 0 Å². The fourth-order valence-electron chi connectivity index (χ4n) is 2.20. The minimum absolute atomic E-state index is 0.136. The highest BCUT2D eigenvalue weighted by molar-refractivity contribution is 14.1. The van der Waals surface area contributed by atoms with E-state index in [0.717, 1.165) is 25.4 Å². The van der Waals surface area contributed by atoms with Gasteiger partial charge in [0.15, 0.2) is 0 Å². The monoisotopic (exact) mass is 814 g/mol. The largest absolute Gasteiger partial charge is 0.506 e. The highest BCUT2D eigenvalue weighted by atomic mass is 127. The third kappa shape index (κ3) is 7.24. The molecule has 0 bridgehead atoms. The number of hydrogen-bond acceptors (Lipinski definition) is 4. The number of halogens is 4. The second-order valence-electron chi connectivity index (χ2n) is 6.75. The quantitative estimate of drug-likeness (QED) is 0.275. The maximum atomic E-state index is 10.1. The molecule has 2 aromatic rings. The van der Waals surface area contributed by atoms with Gasteiger partial charge < -0.3 is 10.2 Å².